The maximum atomic E-state index is 4.41. The fourth-order valence-corrected chi connectivity index (χ4v) is 1.82. The van der Waals surface area contributed by atoms with Crippen LogP contribution in [0, 0.1) is 6.92 Å². The number of nitrogens with zero attached hydrogens (tertiary/aromatic N) is 4. The van der Waals surface area contributed by atoms with Crippen LogP contribution in [0.4, 0.5) is 5.82 Å². The van der Waals surface area contributed by atoms with Crippen LogP contribution < -0.4 is 5.32 Å². The van der Waals surface area contributed by atoms with Crippen molar-refractivity contribution in [2.24, 2.45) is 0 Å². The fourth-order valence-electron chi connectivity index (χ4n) is 1.82. The Balaban J connectivity index is 1.80. The molecule has 0 unspecified atom stereocenters. The van der Waals surface area contributed by atoms with Gasteiger partial charge in [-0.2, -0.15) is 0 Å². The van der Waals surface area contributed by atoms with Gasteiger partial charge >= 0.3 is 0 Å². The highest BCUT2D eigenvalue weighted by molar-refractivity contribution is 5.71. The van der Waals surface area contributed by atoms with Crippen molar-refractivity contribution in [2.75, 3.05) is 5.32 Å². The van der Waals surface area contributed by atoms with Gasteiger partial charge in [0.1, 0.15) is 11.3 Å². The number of hydrogen-bond acceptors (Lipinski definition) is 5. The molecule has 0 spiro atoms. The quantitative estimate of drug-likeness (QED) is 0.774. The van der Waals surface area contributed by atoms with Crippen LogP contribution in [0.15, 0.2) is 43.0 Å². The second-order valence-electron chi connectivity index (χ2n) is 4.25. The van der Waals surface area contributed by atoms with Gasteiger partial charge in [-0.25, -0.2) is 9.97 Å². The van der Waals surface area contributed by atoms with Crippen LogP contribution in [-0.2, 0) is 6.54 Å². The second-order valence-corrected chi connectivity index (χ2v) is 4.25. The molecule has 19 heavy (non-hydrogen) atoms. The Morgan fingerprint density at radius 1 is 1.05 bits per heavy atom. The fraction of sp³-hybridized carbons (Fsp3) is 0.143. The SMILES string of the molecule is Cc1ccncc1CNc1ccc2nccnc2n1. The summed E-state index contributed by atoms with van der Waals surface area (Å²) >= 11 is 0. The maximum absolute atomic E-state index is 4.41. The van der Waals surface area contributed by atoms with Crippen molar-refractivity contribution >= 4 is 17.0 Å². The molecule has 94 valence electrons. The normalized spacial score (nSPS) is 10.6. The first-order valence-corrected chi connectivity index (χ1v) is 6.04. The molecular formula is C14H13N5. The van der Waals surface area contributed by atoms with E-state index in [9.17, 15) is 0 Å². The van der Waals surface area contributed by atoms with Crippen LogP contribution in [-0.4, -0.2) is 19.9 Å². The Bertz CT molecular complexity index is 711. The number of aryl methyl sites for hydroxylation is 1. The third-order valence-electron chi connectivity index (χ3n) is 2.94. The van der Waals surface area contributed by atoms with Crippen LogP contribution >= 0.6 is 0 Å². The van der Waals surface area contributed by atoms with Gasteiger partial charge in [0.05, 0.1) is 0 Å². The van der Waals surface area contributed by atoms with Gasteiger partial charge in [0, 0.05) is 31.3 Å². The molecule has 0 aromatic carbocycles. The maximum Gasteiger partial charge on any atom is 0.180 e. The topological polar surface area (TPSA) is 63.6 Å². The van der Waals surface area contributed by atoms with Crippen molar-refractivity contribution in [3.05, 3.63) is 54.1 Å². The Morgan fingerprint density at radius 3 is 2.84 bits per heavy atom. The standard InChI is InChI=1S/C14H13N5/c1-10-4-5-15-8-11(10)9-18-13-3-2-12-14(19-13)17-7-6-16-12/h2-8H,9H2,1H3,(H,17,18,19). The van der Waals surface area contributed by atoms with Crippen molar-refractivity contribution in [1.82, 2.24) is 19.9 Å². The molecule has 3 heterocycles. The van der Waals surface area contributed by atoms with E-state index in [0.29, 0.717) is 12.2 Å². The minimum Gasteiger partial charge on any atom is -0.366 e. The van der Waals surface area contributed by atoms with Crippen LogP contribution in [0.2, 0.25) is 0 Å². The zero-order valence-electron chi connectivity index (χ0n) is 10.5. The third kappa shape index (κ3) is 2.49. The molecule has 0 atom stereocenters. The molecule has 0 saturated carbocycles. The van der Waals surface area contributed by atoms with Gasteiger partial charge in [0.2, 0.25) is 0 Å². The molecule has 5 heteroatoms. The highest BCUT2D eigenvalue weighted by Gasteiger charge is 2.01. The first-order chi connectivity index (χ1) is 9.33. The smallest absolute Gasteiger partial charge is 0.180 e. The molecule has 0 fully saturated rings. The summed E-state index contributed by atoms with van der Waals surface area (Å²) in [5, 5.41) is 3.28. The number of hydrogen-bond donors (Lipinski definition) is 1. The molecular weight excluding hydrogens is 238 g/mol. The average Bonchev–Trinajstić information content (AvgIpc) is 2.46. The van der Waals surface area contributed by atoms with E-state index in [1.165, 1.54) is 5.56 Å². The molecule has 0 radical (unpaired) electrons. The minimum absolute atomic E-state index is 0.649. The van der Waals surface area contributed by atoms with Gasteiger partial charge in [-0.05, 0) is 36.2 Å². The minimum atomic E-state index is 0.649. The van der Waals surface area contributed by atoms with Gasteiger partial charge in [0.15, 0.2) is 5.65 Å². The molecule has 0 saturated heterocycles. The van der Waals surface area contributed by atoms with Crippen LogP contribution in [0.1, 0.15) is 11.1 Å². The van der Waals surface area contributed by atoms with Crippen molar-refractivity contribution in [1.29, 1.82) is 0 Å². The molecule has 3 rings (SSSR count). The van der Waals surface area contributed by atoms with E-state index >= 15 is 0 Å². The van der Waals surface area contributed by atoms with Crippen LogP contribution in [0.25, 0.3) is 11.2 Å². The zero-order chi connectivity index (χ0) is 13.1. The van der Waals surface area contributed by atoms with Crippen molar-refractivity contribution in [2.45, 2.75) is 13.5 Å². The van der Waals surface area contributed by atoms with E-state index in [4.69, 9.17) is 0 Å². The predicted molar refractivity (Wildman–Crippen MR) is 73.6 cm³/mol. The van der Waals surface area contributed by atoms with Crippen molar-refractivity contribution in [3.8, 4) is 0 Å². The van der Waals surface area contributed by atoms with Gasteiger partial charge in [-0.1, -0.05) is 0 Å². The van der Waals surface area contributed by atoms with Gasteiger partial charge in [-0.3, -0.25) is 9.97 Å². The summed E-state index contributed by atoms with van der Waals surface area (Å²) in [5.74, 6) is 0.788. The van der Waals surface area contributed by atoms with E-state index in [1.54, 1.807) is 18.6 Å². The monoisotopic (exact) mass is 251 g/mol. The van der Waals surface area contributed by atoms with Crippen molar-refractivity contribution in [3.63, 3.8) is 0 Å². The number of rotatable bonds is 3. The molecule has 3 aromatic rings. The molecule has 0 aliphatic heterocycles. The van der Waals surface area contributed by atoms with E-state index in [-0.39, 0.29) is 0 Å². The lowest BCUT2D eigenvalue weighted by Gasteiger charge is -2.07. The Hall–Kier alpha value is -2.56. The first kappa shape index (κ1) is 11.5. The molecule has 0 aliphatic rings. The van der Waals surface area contributed by atoms with Crippen molar-refractivity contribution < 1.29 is 0 Å². The van der Waals surface area contributed by atoms with E-state index < -0.39 is 0 Å². The number of pyridine rings is 2. The molecule has 3 aromatic heterocycles. The average molecular weight is 251 g/mol. The lowest BCUT2D eigenvalue weighted by molar-refractivity contribution is 1.06. The predicted octanol–water partition coefficient (Wildman–Crippen LogP) is 2.34. The summed E-state index contributed by atoms with van der Waals surface area (Å²) in [5.41, 5.74) is 3.81. The summed E-state index contributed by atoms with van der Waals surface area (Å²) in [6, 6.07) is 5.81. The zero-order valence-corrected chi connectivity index (χ0v) is 10.5. The van der Waals surface area contributed by atoms with E-state index in [2.05, 4.69) is 32.2 Å². The third-order valence-corrected chi connectivity index (χ3v) is 2.94. The van der Waals surface area contributed by atoms with Crippen LogP contribution in [0.5, 0.6) is 0 Å². The Kier molecular flexibility index (Phi) is 3.02. The largest absolute Gasteiger partial charge is 0.366 e. The molecule has 5 nitrogen and oxygen atoms in total. The summed E-state index contributed by atoms with van der Waals surface area (Å²) in [6.07, 6.45) is 6.96. The first-order valence-electron chi connectivity index (χ1n) is 6.04. The molecule has 0 amide bonds. The number of fused-ring (bicyclic) bond motifs is 1. The number of aromatic nitrogens is 4. The lowest BCUT2D eigenvalue weighted by Crippen LogP contribution is -2.03. The van der Waals surface area contributed by atoms with Crippen LogP contribution in [0.3, 0.4) is 0 Å². The van der Waals surface area contributed by atoms with Gasteiger partial charge in [0.25, 0.3) is 0 Å². The summed E-state index contributed by atoms with van der Waals surface area (Å²) < 4.78 is 0. The Labute approximate surface area is 110 Å². The lowest BCUT2D eigenvalue weighted by atomic mass is 10.1. The highest BCUT2D eigenvalue weighted by Crippen LogP contribution is 2.12. The van der Waals surface area contributed by atoms with E-state index in [0.717, 1.165) is 16.9 Å². The Morgan fingerprint density at radius 2 is 1.95 bits per heavy atom. The van der Waals surface area contributed by atoms with Gasteiger partial charge < -0.3 is 5.32 Å². The highest BCUT2D eigenvalue weighted by atomic mass is 15.0. The molecule has 1 N–H and O–H groups in total. The summed E-state index contributed by atoms with van der Waals surface area (Å²) in [7, 11) is 0. The summed E-state index contributed by atoms with van der Waals surface area (Å²) in [6.45, 7) is 2.76. The molecule has 0 bridgehead atoms. The molecule has 0 aliphatic carbocycles. The second kappa shape index (κ2) is 4.97. The number of anilines is 1. The summed E-state index contributed by atoms with van der Waals surface area (Å²) in [4.78, 5) is 16.9. The number of nitrogens with one attached hydrogen (secondary N) is 1. The van der Waals surface area contributed by atoms with Gasteiger partial charge in [-0.15, -0.1) is 0 Å². The van der Waals surface area contributed by atoms with E-state index in [1.807, 2.05) is 24.4 Å².